The van der Waals surface area contributed by atoms with E-state index < -0.39 is 11.1 Å². The van der Waals surface area contributed by atoms with E-state index in [-0.39, 0.29) is 17.3 Å². The molecule has 1 saturated heterocycles. The molecule has 0 N–H and O–H groups in total. The molecule has 0 saturated carbocycles. The molecule has 4 rings (SSSR count). The van der Waals surface area contributed by atoms with E-state index >= 15 is 0 Å². The number of carbonyl (C=O) groups is 2. The predicted octanol–water partition coefficient (Wildman–Crippen LogP) is 7.06. The minimum absolute atomic E-state index is 0.0269. The first kappa shape index (κ1) is 21.6. The molecule has 31 heavy (non-hydrogen) atoms. The normalized spacial score (nSPS) is 15.1. The Kier molecular flexibility index (Phi) is 6.46. The summed E-state index contributed by atoms with van der Waals surface area (Å²) in [5.74, 6) is -0.345. The number of benzene rings is 3. The van der Waals surface area contributed by atoms with Crippen molar-refractivity contribution in [1.82, 2.24) is 0 Å². The van der Waals surface area contributed by atoms with Gasteiger partial charge in [0.2, 0.25) is 0 Å². The molecule has 156 valence electrons. The third kappa shape index (κ3) is 4.84. The molecule has 0 aromatic heterocycles. The van der Waals surface area contributed by atoms with Crippen molar-refractivity contribution in [1.29, 1.82) is 0 Å². The van der Waals surface area contributed by atoms with Gasteiger partial charge in [0.05, 0.1) is 10.6 Å². The first-order chi connectivity index (χ1) is 14.9. The third-order valence-electron chi connectivity index (χ3n) is 4.46. The first-order valence-corrected chi connectivity index (χ1v) is 11.1. The quantitative estimate of drug-likeness (QED) is 0.339. The summed E-state index contributed by atoms with van der Waals surface area (Å²) in [6, 6.07) is 18.2. The van der Waals surface area contributed by atoms with Crippen LogP contribution in [-0.4, -0.2) is 11.1 Å². The summed E-state index contributed by atoms with van der Waals surface area (Å²) in [6.07, 6.45) is 1.59. The van der Waals surface area contributed by atoms with Gasteiger partial charge in [-0.2, -0.15) is 0 Å². The molecule has 1 fully saturated rings. The van der Waals surface area contributed by atoms with Crippen LogP contribution in [-0.2, 0) is 11.4 Å². The van der Waals surface area contributed by atoms with Crippen molar-refractivity contribution in [2.24, 2.45) is 0 Å². The Bertz CT molecular complexity index is 1220. The molecule has 4 nitrogen and oxygen atoms in total. The summed E-state index contributed by atoms with van der Waals surface area (Å²) >= 11 is 10.2. The lowest BCUT2D eigenvalue weighted by Gasteiger charge is -2.13. The topological polar surface area (TPSA) is 46.6 Å². The number of anilines is 1. The standard InChI is InChI=1S/C23H14BrClFNO3S/c24-16-8-9-20(30-13-14-4-1-2-7-19(14)26)15(10-16)11-21-22(28)27(23(29)31-21)18-6-3-5-17(25)12-18/h1-12H,13H2/b21-11+. The summed E-state index contributed by atoms with van der Waals surface area (Å²) in [6.45, 7) is 0.0269. The number of imide groups is 1. The molecule has 3 aromatic carbocycles. The van der Waals surface area contributed by atoms with Crippen LogP contribution in [0.3, 0.4) is 0 Å². The molecule has 8 heteroatoms. The van der Waals surface area contributed by atoms with E-state index in [1.165, 1.54) is 6.07 Å². The summed E-state index contributed by atoms with van der Waals surface area (Å²) in [5.41, 5.74) is 1.41. The molecule has 0 radical (unpaired) electrons. The Morgan fingerprint density at radius 1 is 1.06 bits per heavy atom. The van der Waals surface area contributed by atoms with Crippen LogP contribution in [0.2, 0.25) is 5.02 Å². The van der Waals surface area contributed by atoms with E-state index in [1.54, 1.807) is 66.7 Å². The van der Waals surface area contributed by atoms with Crippen LogP contribution < -0.4 is 9.64 Å². The molecule has 1 aliphatic rings. The maximum Gasteiger partial charge on any atom is 0.298 e. The van der Waals surface area contributed by atoms with Crippen molar-refractivity contribution in [3.05, 3.63) is 98.1 Å². The average molecular weight is 519 g/mol. The van der Waals surface area contributed by atoms with Crippen LogP contribution in [0.1, 0.15) is 11.1 Å². The second-order valence-corrected chi connectivity index (χ2v) is 8.90. The molecular formula is C23H14BrClFNO3S. The molecule has 0 aliphatic carbocycles. The Hall–Kier alpha value is -2.61. The van der Waals surface area contributed by atoms with Crippen LogP contribution in [0.4, 0.5) is 14.9 Å². The summed E-state index contributed by atoms with van der Waals surface area (Å²) < 4.78 is 20.5. The van der Waals surface area contributed by atoms with Gasteiger partial charge in [-0.15, -0.1) is 0 Å². The number of ether oxygens (including phenoxy) is 1. The molecule has 0 bridgehead atoms. The van der Waals surface area contributed by atoms with Crippen LogP contribution in [0.15, 0.2) is 76.1 Å². The average Bonchev–Trinajstić information content (AvgIpc) is 3.01. The second kappa shape index (κ2) is 9.26. The molecule has 2 amide bonds. The molecule has 0 atom stereocenters. The van der Waals surface area contributed by atoms with Gasteiger partial charge in [-0.1, -0.05) is 51.8 Å². The monoisotopic (exact) mass is 517 g/mol. The smallest absolute Gasteiger partial charge is 0.298 e. The lowest BCUT2D eigenvalue weighted by molar-refractivity contribution is -0.113. The zero-order valence-corrected chi connectivity index (χ0v) is 19.0. The van der Waals surface area contributed by atoms with Crippen LogP contribution in [0.5, 0.6) is 5.75 Å². The van der Waals surface area contributed by atoms with Crippen molar-refractivity contribution in [3.8, 4) is 5.75 Å². The number of nitrogens with zero attached hydrogens (tertiary/aromatic N) is 1. The number of halogens is 3. The third-order valence-corrected chi connectivity index (χ3v) is 6.06. The van der Waals surface area contributed by atoms with Crippen LogP contribution in [0, 0.1) is 5.82 Å². The second-order valence-electron chi connectivity index (χ2n) is 6.56. The number of thioether (sulfide) groups is 1. The highest BCUT2D eigenvalue weighted by Crippen LogP contribution is 2.38. The van der Waals surface area contributed by atoms with Gasteiger partial charge in [0, 0.05) is 20.6 Å². The van der Waals surface area contributed by atoms with Crippen molar-refractivity contribution in [3.63, 3.8) is 0 Å². The van der Waals surface area contributed by atoms with Gasteiger partial charge in [-0.3, -0.25) is 9.59 Å². The number of amides is 2. The number of carbonyl (C=O) groups excluding carboxylic acids is 2. The van der Waals surface area contributed by atoms with Gasteiger partial charge in [-0.25, -0.2) is 9.29 Å². The summed E-state index contributed by atoms with van der Waals surface area (Å²) in [7, 11) is 0. The Labute approximate surface area is 195 Å². The fraction of sp³-hybridized carbons (Fsp3) is 0.0435. The largest absolute Gasteiger partial charge is 0.488 e. The van der Waals surface area contributed by atoms with Crippen LogP contribution >= 0.6 is 39.3 Å². The lowest BCUT2D eigenvalue weighted by atomic mass is 10.1. The van der Waals surface area contributed by atoms with E-state index in [0.29, 0.717) is 27.6 Å². The van der Waals surface area contributed by atoms with Crippen molar-refractivity contribution in [2.75, 3.05) is 4.90 Å². The summed E-state index contributed by atoms with van der Waals surface area (Å²) in [4.78, 5) is 26.8. The molecule has 1 aliphatic heterocycles. The highest BCUT2D eigenvalue weighted by Gasteiger charge is 2.36. The minimum Gasteiger partial charge on any atom is -0.488 e. The number of hydrogen-bond donors (Lipinski definition) is 0. The van der Waals surface area contributed by atoms with Gasteiger partial charge in [0.1, 0.15) is 18.2 Å². The van der Waals surface area contributed by atoms with E-state index in [2.05, 4.69) is 15.9 Å². The zero-order valence-electron chi connectivity index (χ0n) is 15.8. The lowest BCUT2D eigenvalue weighted by Crippen LogP contribution is -2.27. The molecule has 0 unspecified atom stereocenters. The van der Waals surface area contributed by atoms with Crippen molar-refractivity contribution < 1.29 is 18.7 Å². The van der Waals surface area contributed by atoms with Gasteiger partial charge < -0.3 is 4.74 Å². The number of rotatable bonds is 5. The van der Waals surface area contributed by atoms with Gasteiger partial charge in [0.25, 0.3) is 11.1 Å². The van der Waals surface area contributed by atoms with Gasteiger partial charge in [-0.05, 0) is 60.3 Å². The molecule has 3 aromatic rings. The molecule has 0 spiro atoms. The summed E-state index contributed by atoms with van der Waals surface area (Å²) in [5, 5.41) is 0.0127. The SMILES string of the molecule is O=C1S/C(=C/c2cc(Br)ccc2OCc2ccccc2F)C(=O)N1c1cccc(Cl)c1. The Balaban J connectivity index is 1.62. The maximum atomic E-state index is 13.9. The van der Waals surface area contributed by atoms with E-state index in [9.17, 15) is 14.0 Å². The van der Waals surface area contributed by atoms with Crippen LogP contribution in [0.25, 0.3) is 6.08 Å². The van der Waals surface area contributed by atoms with E-state index in [1.807, 2.05) is 0 Å². The van der Waals surface area contributed by atoms with Gasteiger partial charge >= 0.3 is 0 Å². The molecular weight excluding hydrogens is 505 g/mol. The van der Waals surface area contributed by atoms with E-state index in [0.717, 1.165) is 21.1 Å². The minimum atomic E-state index is -0.447. The predicted molar refractivity (Wildman–Crippen MR) is 125 cm³/mol. The zero-order chi connectivity index (χ0) is 22.0. The highest BCUT2D eigenvalue weighted by atomic mass is 79.9. The van der Waals surface area contributed by atoms with E-state index in [4.69, 9.17) is 16.3 Å². The molecule has 1 heterocycles. The first-order valence-electron chi connectivity index (χ1n) is 9.11. The highest BCUT2D eigenvalue weighted by molar-refractivity contribution is 9.10. The van der Waals surface area contributed by atoms with Gasteiger partial charge in [0.15, 0.2) is 0 Å². The fourth-order valence-corrected chi connectivity index (χ4v) is 4.38. The maximum absolute atomic E-state index is 13.9. The van der Waals surface area contributed by atoms with Crippen molar-refractivity contribution >= 4 is 62.2 Å². The number of hydrogen-bond acceptors (Lipinski definition) is 4. The van der Waals surface area contributed by atoms with Crippen molar-refractivity contribution in [2.45, 2.75) is 6.61 Å². The fourth-order valence-electron chi connectivity index (χ4n) is 2.98. The Morgan fingerprint density at radius 3 is 2.65 bits per heavy atom. The Morgan fingerprint density at radius 2 is 1.87 bits per heavy atom.